The Labute approximate surface area is 212 Å². The molecule has 3 aliphatic heterocycles. The number of hydrogen-bond acceptors (Lipinski definition) is 6. The SMILES string of the molecule is C=C1C(=O)O[C@@H]2C3=C([C@H]4C[C@@]3(C)[C@]3(C4)C(=O)O[C@H]4[C@H]3CCC(C)=C3C[C@H]5O[C@@]5(C)[C@@H]34)[C@@](C)(O)CC[C@@H]12. The molecule has 0 unspecified atom stereocenters. The maximum atomic E-state index is 14.2. The van der Waals surface area contributed by atoms with E-state index in [1.165, 1.54) is 11.1 Å². The summed E-state index contributed by atoms with van der Waals surface area (Å²) in [6.45, 7) is 12.6. The maximum Gasteiger partial charge on any atom is 0.334 e. The van der Waals surface area contributed by atoms with Crippen LogP contribution in [0.4, 0.5) is 0 Å². The third-order valence-corrected chi connectivity index (χ3v) is 12.3. The average molecular weight is 493 g/mol. The predicted molar refractivity (Wildman–Crippen MR) is 129 cm³/mol. The summed E-state index contributed by atoms with van der Waals surface area (Å²) in [5, 5.41) is 11.7. The standard InChI is InChI=1S/C30H36O6/c1-13-6-7-18-24(21-17(13)10-19-29(21,5)36-19)35-26(32)30(18)12-15-11-27(30,3)22-20(15)28(4,33)9-8-16-14(2)25(31)34-23(16)22/h15-16,18-19,21,23-24,33H,2,6-12H2,1,3-5H3/t15-,16-,18+,19+,21-,23-,24-,27+,28-,29+,30-/m0/s1. The van der Waals surface area contributed by atoms with Crippen LogP contribution in [-0.2, 0) is 23.8 Å². The first-order chi connectivity index (χ1) is 16.9. The molecule has 192 valence electrons. The molecule has 1 N–H and O–H groups in total. The summed E-state index contributed by atoms with van der Waals surface area (Å²) < 4.78 is 18.7. The summed E-state index contributed by atoms with van der Waals surface area (Å²) in [4.78, 5) is 26.9. The molecular weight excluding hydrogens is 456 g/mol. The van der Waals surface area contributed by atoms with Crippen LogP contribution in [-0.4, -0.2) is 46.6 Å². The lowest BCUT2D eigenvalue weighted by Gasteiger charge is -2.48. The number of esters is 2. The van der Waals surface area contributed by atoms with Gasteiger partial charge in [0.05, 0.1) is 17.1 Å². The number of aliphatic hydroxyl groups is 1. The summed E-state index contributed by atoms with van der Waals surface area (Å²) >= 11 is 0. The summed E-state index contributed by atoms with van der Waals surface area (Å²) in [5.74, 6) is -0.248. The number of allylic oxidation sites excluding steroid dienone is 1. The Morgan fingerprint density at radius 3 is 2.61 bits per heavy atom. The van der Waals surface area contributed by atoms with Crippen molar-refractivity contribution in [2.75, 3.05) is 0 Å². The van der Waals surface area contributed by atoms with Crippen LogP contribution in [0.5, 0.6) is 0 Å². The van der Waals surface area contributed by atoms with Gasteiger partial charge >= 0.3 is 11.9 Å². The Balaban J connectivity index is 1.29. The second kappa shape index (κ2) is 6.20. The highest BCUT2D eigenvalue weighted by Crippen LogP contribution is 2.77. The van der Waals surface area contributed by atoms with E-state index in [9.17, 15) is 14.7 Å². The zero-order valence-corrected chi connectivity index (χ0v) is 21.7. The summed E-state index contributed by atoms with van der Waals surface area (Å²) in [6, 6.07) is 0. The molecule has 3 saturated heterocycles. The van der Waals surface area contributed by atoms with Crippen LogP contribution in [0.25, 0.3) is 0 Å². The van der Waals surface area contributed by atoms with Gasteiger partial charge in [0.2, 0.25) is 0 Å². The van der Waals surface area contributed by atoms with E-state index in [-0.39, 0.29) is 53.4 Å². The molecule has 0 aromatic rings. The highest BCUT2D eigenvalue weighted by molar-refractivity contribution is 5.92. The van der Waals surface area contributed by atoms with Crippen LogP contribution in [0.1, 0.15) is 72.6 Å². The van der Waals surface area contributed by atoms with Crippen molar-refractivity contribution in [2.45, 2.75) is 102 Å². The molecule has 5 aliphatic carbocycles. The summed E-state index contributed by atoms with van der Waals surface area (Å²) in [7, 11) is 0. The van der Waals surface area contributed by atoms with Crippen LogP contribution in [0.15, 0.2) is 34.4 Å². The van der Waals surface area contributed by atoms with Crippen LogP contribution in [0.3, 0.4) is 0 Å². The molecule has 0 aromatic carbocycles. The Morgan fingerprint density at radius 1 is 1.06 bits per heavy atom. The topological polar surface area (TPSA) is 85.4 Å². The lowest BCUT2D eigenvalue weighted by atomic mass is 9.52. The molecule has 11 atom stereocenters. The molecule has 8 aliphatic rings. The van der Waals surface area contributed by atoms with Gasteiger partial charge in [0.1, 0.15) is 17.8 Å². The minimum absolute atomic E-state index is 0.0794. The molecule has 0 aromatic heterocycles. The Kier molecular flexibility index (Phi) is 3.81. The second-order valence-electron chi connectivity index (χ2n) is 13.8. The quantitative estimate of drug-likeness (QED) is 0.236. The normalized spacial score (nSPS) is 56.1. The number of epoxide rings is 1. The van der Waals surface area contributed by atoms with Gasteiger partial charge in [-0.05, 0) is 82.8 Å². The largest absolute Gasteiger partial charge is 0.461 e. The second-order valence-corrected chi connectivity index (χ2v) is 13.8. The minimum atomic E-state index is -0.971. The number of rotatable bonds is 0. The molecular formula is C30H36O6. The number of ether oxygens (including phenoxy) is 3. The Hall–Kier alpha value is -1.92. The summed E-state index contributed by atoms with van der Waals surface area (Å²) in [5.41, 5.74) is 3.07. The van der Waals surface area contributed by atoms with E-state index in [0.29, 0.717) is 24.8 Å². The van der Waals surface area contributed by atoms with Gasteiger partial charge in [0.15, 0.2) is 0 Å². The third kappa shape index (κ3) is 2.19. The van der Waals surface area contributed by atoms with E-state index >= 15 is 0 Å². The first-order valence-electron chi connectivity index (χ1n) is 13.9. The number of fused-ring (bicyclic) bond motifs is 13. The molecule has 3 heterocycles. The van der Waals surface area contributed by atoms with E-state index in [4.69, 9.17) is 14.2 Å². The van der Waals surface area contributed by atoms with Gasteiger partial charge in [-0.3, -0.25) is 4.79 Å². The lowest BCUT2D eigenvalue weighted by Crippen LogP contribution is -2.51. The molecule has 5 fully saturated rings. The first-order valence-corrected chi connectivity index (χ1v) is 13.9. The van der Waals surface area contributed by atoms with Crippen molar-refractivity contribution in [3.05, 3.63) is 34.4 Å². The highest BCUT2D eigenvalue weighted by Gasteiger charge is 2.79. The Bertz CT molecular complexity index is 1240. The molecule has 2 saturated carbocycles. The van der Waals surface area contributed by atoms with Gasteiger partial charge in [-0.2, -0.15) is 0 Å². The van der Waals surface area contributed by atoms with E-state index in [2.05, 4.69) is 27.4 Å². The molecule has 1 spiro atoms. The number of hydrogen-bond donors (Lipinski definition) is 1. The first kappa shape index (κ1) is 22.1. The van der Waals surface area contributed by atoms with Gasteiger partial charge in [-0.1, -0.05) is 24.6 Å². The van der Waals surface area contributed by atoms with Gasteiger partial charge in [0, 0.05) is 28.7 Å². The van der Waals surface area contributed by atoms with Crippen molar-refractivity contribution >= 4 is 11.9 Å². The molecule has 6 nitrogen and oxygen atoms in total. The smallest absolute Gasteiger partial charge is 0.334 e. The van der Waals surface area contributed by atoms with Crippen LogP contribution in [0.2, 0.25) is 0 Å². The fourth-order valence-electron chi connectivity index (χ4n) is 10.7. The summed E-state index contributed by atoms with van der Waals surface area (Å²) in [6.07, 6.45) is 5.25. The minimum Gasteiger partial charge on any atom is -0.461 e. The van der Waals surface area contributed by atoms with Crippen molar-refractivity contribution in [2.24, 2.45) is 34.5 Å². The fourth-order valence-corrected chi connectivity index (χ4v) is 10.7. The van der Waals surface area contributed by atoms with E-state index in [1.54, 1.807) is 0 Å². The van der Waals surface area contributed by atoms with Crippen molar-refractivity contribution < 1.29 is 28.9 Å². The van der Waals surface area contributed by atoms with Gasteiger partial charge in [-0.15, -0.1) is 0 Å². The molecule has 36 heavy (non-hydrogen) atoms. The van der Waals surface area contributed by atoms with E-state index in [0.717, 1.165) is 36.8 Å². The lowest BCUT2D eigenvalue weighted by molar-refractivity contribution is -0.154. The number of carbonyl (C=O) groups is 2. The zero-order valence-electron chi connectivity index (χ0n) is 21.7. The molecule has 0 radical (unpaired) electrons. The van der Waals surface area contributed by atoms with Crippen molar-refractivity contribution in [3.63, 3.8) is 0 Å². The van der Waals surface area contributed by atoms with Crippen molar-refractivity contribution in [3.8, 4) is 0 Å². The Morgan fingerprint density at radius 2 is 1.83 bits per heavy atom. The van der Waals surface area contributed by atoms with Gasteiger partial charge in [-0.25, -0.2) is 4.79 Å². The average Bonchev–Trinajstić information content (AvgIpc) is 3.05. The van der Waals surface area contributed by atoms with Gasteiger partial charge < -0.3 is 19.3 Å². The monoisotopic (exact) mass is 492 g/mol. The van der Waals surface area contributed by atoms with E-state index in [1.807, 2.05) is 6.92 Å². The number of carbonyl (C=O) groups excluding carboxylic acids is 2. The molecule has 8 rings (SSSR count). The highest BCUT2D eigenvalue weighted by atomic mass is 16.6. The molecule has 6 heteroatoms. The zero-order chi connectivity index (χ0) is 25.2. The molecule has 0 amide bonds. The third-order valence-electron chi connectivity index (χ3n) is 12.3. The van der Waals surface area contributed by atoms with E-state index < -0.39 is 22.5 Å². The fraction of sp³-hybridized carbons (Fsp3) is 0.733. The van der Waals surface area contributed by atoms with Crippen molar-refractivity contribution in [1.29, 1.82) is 0 Å². The molecule has 2 bridgehead atoms. The predicted octanol–water partition coefficient (Wildman–Crippen LogP) is 4.17. The van der Waals surface area contributed by atoms with Crippen LogP contribution < -0.4 is 0 Å². The van der Waals surface area contributed by atoms with Crippen molar-refractivity contribution in [1.82, 2.24) is 0 Å². The maximum absolute atomic E-state index is 14.2. The van der Waals surface area contributed by atoms with Crippen LogP contribution >= 0.6 is 0 Å². The van der Waals surface area contributed by atoms with Gasteiger partial charge in [0.25, 0.3) is 0 Å². The van der Waals surface area contributed by atoms with Crippen LogP contribution in [0, 0.1) is 34.5 Å².